The predicted octanol–water partition coefficient (Wildman–Crippen LogP) is 3.07. The van der Waals surface area contributed by atoms with Crippen LogP contribution in [0.25, 0.3) is 0 Å². The van der Waals surface area contributed by atoms with Crippen LogP contribution in [0.5, 0.6) is 0 Å². The largest absolute Gasteiger partial charge is 0.378 e. The number of carbonyl (C=O) groups is 1. The Morgan fingerprint density at radius 1 is 1.28 bits per heavy atom. The van der Waals surface area contributed by atoms with Crippen LogP contribution in [0.15, 0.2) is 12.1 Å². The van der Waals surface area contributed by atoms with Gasteiger partial charge in [-0.05, 0) is 45.7 Å². The van der Waals surface area contributed by atoms with E-state index in [1.54, 1.807) is 0 Å². The molecule has 1 amide bonds. The molecule has 0 bridgehead atoms. The fourth-order valence-corrected chi connectivity index (χ4v) is 4.34. The van der Waals surface area contributed by atoms with Crippen LogP contribution in [0.1, 0.15) is 67.2 Å². The van der Waals surface area contributed by atoms with Crippen molar-refractivity contribution in [1.82, 2.24) is 9.88 Å². The summed E-state index contributed by atoms with van der Waals surface area (Å²) in [7, 11) is 0. The summed E-state index contributed by atoms with van der Waals surface area (Å²) >= 11 is 0. The van der Waals surface area contributed by atoms with E-state index in [2.05, 4.69) is 18.8 Å². The maximum Gasteiger partial charge on any atom is 0.255 e. The number of aromatic nitrogens is 1. The Kier molecular flexibility index (Phi) is 4.32. The van der Waals surface area contributed by atoms with Crippen molar-refractivity contribution in [1.29, 1.82) is 0 Å². The Hall–Kier alpha value is -1.46. The van der Waals surface area contributed by atoms with Crippen molar-refractivity contribution in [3.05, 3.63) is 29.1 Å². The van der Waals surface area contributed by atoms with Gasteiger partial charge in [0.15, 0.2) is 0 Å². The summed E-state index contributed by atoms with van der Waals surface area (Å²) in [6.07, 6.45) is 4.37. The number of hydrogen-bond donors (Lipinski definition) is 0. The van der Waals surface area contributed by atoms with E-state index in [4.69, 9.17) is 9.47 Å². The number of rotatable bonds is 2. The molecule has 0 aromatic carbocycles. The van der Waals surface area contributed by atoms with Crippen molar-refractivity contribution in [2.75, 3.05) is 19.7 Å². The zero-order chi connectivity index (χ0) is 17.6. The van der Waals surface area contributed by atoms with Gasteiger partial charge < -0.3 is 14.4 Å². The minimum Gasteiger partial charge on any atom is -0.378 e. The van der Waals surface area contributed by atoms with Crippen LogP contribution in [0, 0.1) is 6.92 Å². The van der Waals surface area contributed by atoms with E-state index in [9.17, 15) is 4.79 Å². The molecule has 0 radical (unpaired) electrons. The normalized spacial score (nSPS) is 32.8. The van der Waals surface area contributed by atoms with Crippen molar-refractivity contribution >= 4 is 5.91 Å². The number of nitrogens with zero attached hydrogens (tertiary/aromatic N) is 2. The Balaban J connectivity index is 1.54. The van der Waals surface area contributed by atoms with Gasteiger partial charge in [0, 0.05) is 37.6 Å². The van der Waals surface area contributed by atoms with Crippen LogP contribution in [0.2, 0.25) is 0 Å². The zero-order valence-corrected chi connectivity index (χ0v) is 15.5. The first-order chi connectivity index (χ1) is 12.0. The van der Waals surface area contributed by atoms with E-state index in [0.29, 0.717) is 25.6 Å². The molecule has 0 unspecified atom stereocenters. The van der Waals surface area contributed by atoms with Gasteiger partial charge in [0.1, 0.15) is 0 Å². The zero-order valence-electron chi connectivity index (χ0n) is 15.5. The average Bonchev–Trinajstić information content (AvgIpc) is 3.38. The SMILES string of the molecule is Cc1nc(C2CC2)ccc1C(=O)N1C[C@H](C)O[C@@]2(CCO[C@@H](C)C2)C1. The monoisotopic (exact) mass is 344 g/mol. The number of aryl methyl sites for hydroxylation is 1. The first-order valence-electron chi connectivity index (χ1n) is 9.52. The number of amides is 1. The van der Waals surface area contributed by atoms with Gasteiger partial charge >= 0.3 is 0 Å². The summed E-state index contributed by atoms with van der Waals surface area (Å²) in [6, 6.07) is 4.01. The predicted molar refractivity (Wildman–Crippen MR) is 94.8 cm³/mol. The molecular formula is C20H28N2O3. The first-order valence-corrected chi connectivity index (χ1v) is 9.52. The molecule has 1 aromatic rings. The third-order valence-electron chi connectivity index (χ3n) is 5.65. The lowest BCUT2D eigenvalue weighted by atomic mass is 9.88. The van der Waals surface area contributed by atoms with Crippen LogP contribution in [0.3, 0.4) is 0 Å². The van der Waals surface area contributed by atoms with Crippen molar-refractivity contribution in [2.24, 2.45) is 0 Å². The van der Waals surface area contributed by atoms with E-state index in [-0.39, 0.29) is 23.7 Å². The second-order valence-corrected chi connectivity index (χ2v) is 8.08. The van der Waals surface area contributed by atoms with E-state index >= 15 is 0 Å². The van der Waals surface area contributed by atoms with Crippen molar-refractivity contribution < 1.29 is 14.3 Å². The Labute approximate surface area is 149 Å². The van der Waals surface area contributed by atoms with Gasteiger partial charge in [0.05, 0.1) is 35.6 Å². The van der Waals surface area contributed by atoms with Gasteiger partial charge in [-0.15, -0.1) is 0 Å². The van der Waals surface area contributed by atoms with Crippen LogP contribution in [0.4, 0.5) is 0 Å². The smallest absolute Gasteiger partial charge is 0.255 e. The quantitative estimate of drug-likeness (QED) is 0.827. The highest BCUT2D eigenvalue weighted by Gasteiger charge is 2.44. The number of hydrogen-bond acceptors (Lipinski definition) is 4. The second-order valence-electron chi connectivity index (χ2n) is 8.08. The standard InChI is InChI=1S/C20H28N2O3/c1-13-10-20(8-9-24-13)12-22(11-14(2)25-20)19(23)17-6-7-18(16-4-5-16)21-15(17)3/h6-7,13-14,16H,4-5,8-12H2,1-3H3/t13-,14-,20+/m0/s1. The molecule has 25 heavy (non-hydrogen) atoms. The lowest BCUT2D eigenvalue weighted by Gasteiger charge is -2.48. The van der Waals surface area contributed by atoms with Gasteiger partial charge in [-0.1, -0.05) is 0 Å². The molecule has 1 saturated carbocycles. The third-order valence-corrected chi connectivity index (χ3v) is 5.65. The minimum absolute atomic E-state index is 0.0435. The summed E-state index contributed by atoms with van der Waals surface area (Å²) in [6.45, 7) is 8.08. The molecule has 5 nitrogen and oxygen atoms in total. The first kappa shape index (κ1) is 17.0. The van der Waals surface area contributed by atoms with Crippen molar-refractivity contribution in [2.45, 2.75) is 70.2 Å². The lowest BCUT2D eigenvalue weighted by Crippen LogP contribution is -2.59. The Morgan fingerprint density at radius 2 is 2.08 bits per heavy atom. The molecule has 1 spiro atoms. The molecule has 3 heterocycles. The van der Waals surface area contributed by atoms with E-state index in [0.717, 1.165) is 29.8 Å². The number of morpholine rings is 1. The molecule has 5 heteroatoms. The Morgan fingerprint density at radius 3 is 2.76 bits per heavy atom. The van der Waals surface area contributed by atoms with E-state index in [1.807, 2.05) is 24.0 Å². The van der Waals surface area contributed by atoms with Crippen LogP contribution in [-0.2, 0) is 9.47 Å². The highest BCUT2D eigenvalue weighted by molar-refractivity contribution is 5.95. The van der Waals surface area contributed by atoms with Crippen molar-refractivity contribution in [3.8, 4) is 0 Å². The summed E-state index contributed by atoms with van der Waals surface area (Å²) in [5.41, 5.74) is 2.45. The van der Waals surface area contributed by atoms with Crippen LogP contribution < -0.4 is 0 Å². The van der Waals surface area contributed by atoms with E-state index in [1.165, 1.54) is 12.8 Å². The highest BCUT2D eigenvalue weighted by Crippen LogP contribution is 2.39. The van der Waals surface area contributed by atoms with Crippen LogP contribution in [-0.4, -0.2) is 53.3 Å². The molecule has 0 N–H and O–H groups in total. The van der Waals surface area contributed by atoms with Gasteiger partial charge in [-0.3, -0.25) is 9.78 Å². The van der Waals surface area contributed by atoms with Gasteiger partial charge in [0.2, 0.25) is 0 Å². The molecule has 2 aliphatic heterocycles. The minimum atomic E-state index is -0.264. The number of ether oxygens (including phenoxy) is 2. The number of carbonyl (C=O) groups excluding carboxylic acids is 1. The average molecular weight is 344 g/mol. The van der Waals surface area contributed by atoms with Gasteiger partial charge in [0.25, 0.3) is 5.91 Å². The highest BCUT2D eigenvalue weighted by atomic mass is 16.5. The summed E-state index contributed by atoms with van der Waals surface area (Å²) in [4.78, 5) is 19.8. The second kappa shape index (κ2) is 6.36. The molecule has 3 aliphatic rings. The molecule has 1 aliphatic carbocycles. The molecule has 4 rings (SSSR count). The molecule has 3 atom stereocenters. The topological polar surface area (TPSA) is 51.7 Å². The molecule has 3 fully saturated rings. The van der Waals surface area contributed by atoms with Gasteiger partial charge in [-0.2, -0.15) is 0 Å². The summed E-state index contributed by atoms with van der Waals surface area (Å²) < 4.78 is 12.0. The van der Waals surface area contributed by atoms with Crippen molar-refractivity contribution in [3.63, 3.8) is 0 Å². The molecule has 2 saturated heterocycles. The maximum atomic E-state index is 13.2. The third kappa shape index (κ3) is 3.44. The maximum absolute atomic E-state index is 13.2. The molecular weight excluding hydrogens is 316 g/mol. The Bertz CT molecular complexity index is 669. The summed E-state index contributed by atoms with van der Waals surface area (Å²) in [5, 5.41) is 0. The molecule has 1 aromatic heterocycles. The van der Waals surface area contributed by atoms with E-state index < -0.39 is 0 Å². The fourth-order valence-electron chi connectivity index (χ4n) is 4.34. The number of pyridine rings is 1. The lowest BCUT2D eigenvalue weighted by molar-refractivity contribution is -0.189. The summed E-state index contributed by atoms with van der Waals surface area (Å²) in [5.74, 6) is 0.694. The fraction of sp³-hybridized carbons (Fsp3) is 0.700. The van der Waals surface area contributed by atoms with Crippen LogP contribution >= 0.6 is 0 Å². The molecule has 136 valence electrons. The van der Waals surface area contributed by atoms with Gasteiger partial charge in [-0.25, -0.2) is 0 Å².